The summed E-state index contributed by atoms with van der Waals surface area (Å²) in [4.78, 5) is 8.28. The van der Waals surface area contributed by atoms with E-state index < -0.39 is 5.82 Å². The Hall–Kier alpha value is -2.95. The van der Waals surface area contributed by atoms with Crippen LogP contribution in [0.4, 0.5) is 27.5 Å². The van der Waals surface area contributed by atoms with E-state index in [4.69, 9.17) is 0 Å². The highest BCUT2D eigenvalue weighted by Gasteiger charge is 2.09. The smallest absolute Gasteiger partial charge is 0.229 e. The summed E-state index contributed by atoms with van der Waals surface area (Å²) in [5.41, 5.74) is 6.35. The maximum absolute atomic E-state index is 14.1. The Balaban J connectivity index is 1.84. The molecular weight excluding hydrogens is 315 g/mol. The van der Waals surface area contributed by atoms with Crippen molar-refractivity contribution in [1.82, 2.24) is 9.97 Å². The number of halogens is 1. The van der Waals surface area contributed by atoms with Crippen LogP contribution in [0.25, 0.3) is 0 Å². The first kappa shape index (κ1) is 16.9. The standard InChI is InChI=1S/C20H21FN4/c1-12-5-7-16(9-14(12)3)23-19-18(21)11-22-20(25-19)24-17-8-6-13(2)15(4)10-17/h5-11H,1-4H3,(H2,22,23,24,25). The number of hydrogen-bond acceptors (Lipinski definition) is 4. The van der Waals surface area contributed by atoms with E-state index in [1.54, 1.807) is 0 Å². The topological polar surface area (TPSA) is 49.8 Å². The second-order valence-corrected chi connectivity index (χ2v) is 6.24. The maximum Gasteiger partial charge on any atom is 0.229 e. The van der Waals surface area contributed by atoms with Gasteiger partial charge in [-0.25, -0.2) is 9.37 Å². The molecular formula is C20H21FN4. The van der Waals surface area contributed by atoms with Gasteiger partial charge >= 0.3 is 0 Å². The summed E-state index contributed by atoms with van der Waals surface area (Å²) < 4.78 is 14.1. The molecule has 4 nitrogen and oxygen atoms in total. The quantitative estimate of drug-likeness (QED) is 0.675. The molecule has 0 fully saturated rings. The average molecular weight is 336 g/mol. The first-order valence-corrected chi connectivity index (χ1v) is 8.13. The molecule has 5 heteroatoms. The second kappa shape index (κ2) is 6.89. The lowest BCUT2D eigenvalue weighted by atomic mass is 10.1. The molecule has 0 atom stereocenters. The summed E-state index contributed by atoms with van der Waals surface area (Å²) in [6.07, 6.45) is 1.17. The van der Waals surface area contributed by atoms with Crippen LogP contribution < -0.4 is 10.6 Å². The lowest BCUT2D eigenvalue weighted by molar-refractivity contribution is 0.619. The third kappa shape index (κ3) is 3.94. The lowest BCUT2D eigenvalue weighted by Gasteiger charge is -2.11. The fourth-order valence-electron chi connectivity index (χ4n) is 2.42. The Labute approximate surface area is 147 Å². The molecule has 1 heterocycles. The minimum atomic E-state index is -0.496. The van der Waals surface area contributed by atoms with Crippen LogP contribution in [-0.2, 0) is 0 Å². The van der Waals surface area contributed by atoms with Crippen molar-refractivity contribution >= 4 is 23.1 Å². The first-order chi connectivity index (χ1) is 11.9. The van der Waals surface area contributed by atoms with Crippen molar-refractivity contribution in [2.24, 2.45) is 0 Å². The molecule has 2 N–H and O–H groups in total. The summed E-state index contributed by atoms with van der Waals surface area (Å²) in [5.74, 6) is -0.00978. The van der Waals surface area contributed by atoms with Crippen LogP contribution in [0.15, 0.2) is 42.6 Å². The maximum atomic E-state index is 14.1. The van der Waals surface area contributed by atoms with Crippen LogP contribution in [-0.4, -0.2) is 9.97 Å². The van der Waals surface area contributed by atoms with Gasteiger partial charge in [0.1, 0.15) is 0 Å². The molecule has 25 heavy (non-hydrogen) atoms. The normalized spacial score (nSPS) is 10.6. The fraction of sp³-hybridized carbons (Fsp3) is 0.200. The molecule has 0 bridgehead atoms. The predicted octanol–water partition coefficient (Wildman–Crippen LogP) is 5.34. The van der Waals surface area contributed by atoms with E-state index in [0.29, 0.717) is 5.95 Å². The minimum absolute atomic E-state index is 0.143. The molecule has 0 saturated carbocycles. The largest absolute Gasteiger partial charge is 0.338 e. The van der Waals surface area contributed by atoms with Gasteiger partial charge in [-0.1, -0.05) is 12.1 Å². The molecule has 128 valence electrons. The summed E-state index contributed by atoms with van der Waals surface area (Å²) >= 11 is 0. The van der Waals surface area contributed by atoms with Crippen molar-refractivity contribution in [3.8, 4) is 0 Å². The van der Waals surface area contributed by atoms with Crippen LogP contribution in [0.2, 0.25) is 0 Å². The van der Waals surface area contributed by atoms with E-state index in [0.717, 1.165) is 16.9 Å². The first-order valence-electron chi connectivity index (χ1n) is 8.13. The van der Waals surface area contributed by atoms with Crippen LogP contribution in [0, 0.1) is 33.5 Å². The van der Waals surface area contributed by atoms with E-state index in [1.165, 1.54) is 22.9 Å². The van der Waals surface area contributed by atoms with Gasteiger partial charge in [-0.05, 0) is 74.2 Å². The third-order valence-corrected chi connectivity index (χ3v) is 4.28. The number of rotatable bonds is 4. The summed E-state index contributed by atoms with van der Waals surface area (Å²) in [6.45, 7) is 8.15. The average Bonchev–Trinajstić information content (AvgIpc) is 2.57. The molecule has 3 aromatic rings. The van der Waals surface area contributed by atoms with Crippen molar-refractivity contribution < 1.29 is 4.39 Å². The molecule has 0 unspecified atom stereocenters. The van der Waals surface area contributed by atoms with Gasteiger partial charge in [0.25, 0.3) is 0 Å². The van der Waals surface area contributed by atoms with Crippen molar-refractivity contribution in [2.75, 3.05) is 10.6 Å². The van der Waals surface area contributed by atoms with E-state index in [2.05, 4.69) is 27.5 Å². The van der Waals surface area contributed by atoms with Crippen molar-refractivity contribution in [3.05, 3.63) is 70.7 Å². The number of nitrogens with one attached hydrogen (secondary N) is 2. The Morgan fingerprint density at radius 2 is 1.32 bits per heavy atom. The molecule has 0 aliphatic heterocycles. The van der Waals surface area contributed by atoms with Gasteiger partial charge in [-0.15, -0.1) is 0 Å². The highest BCUT2D eigenvalue weighted by atomic mass is 19.1. The molecule has 0 aliphatic carbocycles. The minimum Gasteiger partial charge on any atom is -0.338 e. The van der Waals surface area contributed by atoms with Crippen LogP contribution in [0.1, 0.15) is 22.3 Å². The van der Waals surface area contributed by atoms with Gasteiger partial charge in [-0.3, -0.25) is 0 Å². The number of nitrogens with zero attached hydrogens (tertiary/aromatic N) is 2. The fourth-order valence-corrected chi connectivity index (χ4v) is 2.42. The summed E-state index contributed by atoms with van der Waals surface area (Å²) in [6, 6.07) is 11.8. The highest BCUT2D eigenvalue weighted by Crippen LogP contribution is 2.23. The van der Waals surface area contributed by atoms with Gasteiger partial charge < -0.3 is 10.6 Å². The Bertz CT molecular complexity index is 922. The van der Waals surface area contributed by atoms with Crippen molar-refractivity contribution in [2.45, 2.75) is 27.7 Å². The zero-order valence-corrected chi connectivity index (χ0v) is 14.8. The Kier molecular flexibility index (Phi) is 4.65. The molecule has 0 amide bonds. The number of hydrogen-bond donors (Lipinski definition) is 2. The Morgan fingerprint density at radius 3 is 1.88 bits per heavy atom. The molecule has 0 aliphatic rings. The molecule has 3 rings (SSSR count). The SMILES string of the molecule is Cc1ccc(Nc2ncc(F)c(Nc3ccc(C)c(C)c3)n2)cc1C. The van der Waals surface area contributed by atoms with Crippen molar-refractivity contribution in [3.63, 3.8) is 0 Å². The predicted molar refractivity (Wildman–Crippen MR) is 100 cm³/mol. The van der Waals surface area contributed by atoms with Gasteiger partial charge in [0.05, 0.1) is 6.20 Å². The van der Waals surface area contributed by atoms with Gasteiger partial charge in [0, 0.05) is 11.4 Å². The Morgan fingerprint density at radius 1 is 0.760 bits per heavy atom. The van der Waals surface area contributed by atoms with Crippen molar-refractivity contribution in [1.29, 1.82) is 0 Å². The van der Waals surface area contributed by atoms with E-state index >= 15 is 0 Å². The second-order valence-electron chi connectivity index (χ2n) is 6.24. The summed E-state index contributed by atoms with van der Waals surface area (Å²) in [7, 11) is 0. The molecule has 0 saturated heterocycles. The zero-order valence-electron chi connectivity index (χ0n) is 14.8. The van der Waals surface area contributed by atoms with Gasteiger partial charge in [-0.2, -0.15) is 4.98 Å². The van der Waals surface area contributed by atoms with Crippen LogP contribution >= 0.6 is 0 Å². The molecule has 0 spiro atoms. The van der Waals surface area contributed by atoms with E-state index in [-0.39, 0.29) is 5.82 Å². The van der Waals surface area contributed by atoms with Crippen LogP contribution in [0.3, 0.4) is 0 Å². The van der Waals surface area contributed by atoms with Gasteiger partial charge in [0.2, 0.25) is 5.95 Å². The number of anilines is 4. The van der Waals surface area contributed by atoms with E-state index in [1.807, 2.05) is 57.2 Å². The lowest BCUT2D eigenvalue weighted by Crippen LogP contribution is -2.03. The van der Waals surface area contributed by atoms with E-state index in [9.17, 15) is 4.39 Å². The van der Waals surface area contributed by atoms with Crippen LogP contribution in [0.5, 0.6) is 0 Å². The third-order valence-electron chi connectivity index (χ3n) is 4.28. The number of benzene rings is 2. The monoisotopic (exact) mass is 336 g/mol. The molecule has 0 radical (unpaired) electrons. The number of aryl methyl sites for hydroxylation is 4. The number of aromatic nitrogens is 2. The van der Waals surface area contributed by atoms with Gasteiger partial charge in [0.15, 0.2) is 11.6 Å². The summed E-state index contributed by atoms with van der Waals surface area (Å²) in [5, 5.41) is 6.14. The molecule has 2 aromatic carbocycles. The molecule has 1 aromatic heterocycles. The zero-order chi connectivity index (χ0) is 18.0. The highest BCUT2D eigenvalue weighted by molar-refractivity contribution is 5.61.